The Balaban J connectivity index is 2.20. The van der Waals surface area contributed by atoms with E-state index in [0.29, 0.717) is 0 Å². The summed E-state index contributed by atoms with van der Waals surface area (Å²) in [5.41, 5.74) is 1.31. The Hall–Kier alpha value is -1.04. The van der Waals surface area contributed by atoms with Crippen LogP contribution in [0.4, 0.5) is 0 Å². The van der Waals surface area contributed by atoms with Crippen LogP contribution >= 0.6 is 0 Å². The predicted octanol–water partition coefficient (Wildman–Crippen LogP) is 3.78. The number of benzene rings is 1. The van der Waals surface area contributed by atoms with Gasteiger partial charge >= 0.3 is 0 Å². The molecule has 0 heteroatoms. The minimum atomic E-state index is 1.11. The van der Waals surface area contributed by atoms with E-state index < -0.39 is 0 Å². The standard InChI is InChI=1S/C13H17/c1-2-3-4-5-7-10-13-11-8-6-9-12-13/h4-6,8-9,11H,2-3,7,10H2,1H3. The Morgan fingerprint density at radius 3 is 2.77 bits per heavy atom. The Bertz CT molecular complexity index is 233. The molecule has 0 aliphatic carbocycles. The summed E-state index contributed by atoms with van der Waals surface area (Å²) in [6, 6.07) is 11.4. The predicted molar refractivity (Wildman–Crippen MR) is 57.6 cm³/mol. The van der Waals surface area contributed by atoms with Crippen molar-refractivity contribution in [1.29, 1.82) is 0 Å². The maximum atomic E-state index is 3.23. The van der Waals surface area contributed by atoms with Gasteiger partial charge in [-0.25, -0.2) is 0 Å². The molecule has 1 radical (unpaired) electrons. The maximum Gasteiger partial charge on any atom is -0.0149 e. The van der Waals surface area contributed by atoms with E-state index in [9.17, 15) is 0 Å². The Kier molecular flexibility index (Phi) is 5.00. The van der Waals surface area contributed by atoms with Gasteiger partial charge in [0.2, 0.25) is 0 Å². The zero-order chi connectivity index (χ0) is 9.36. The molecule has 0 aliphatic heterocycles. The average Bonchev–Trinajstić information content (AvgIpc) is 2.19. The number of aryl methyl sites for hydroxylation is 1. The quantitative estimate of drug-likeness (QED) is 0.594. The highest BCUT2D eigenvalue weighted by Gasteiger charge is 1.87. The zero-order valence-corrected chi connectivity index (χ0v) is 8.29. The van der Waals surface area contributed by atoms with E-state index in [1.54, 1.807) is 0 Å². The van der Waals surface area contributed by atoms with Gasteiger partial charge in [-0.05, 0) is 30.9 Å². The molecular formula is C13H17. The molecule has 1 aromatic carbocycles. The van der Waals surface area contributed by atoms with Gasteiger partial charge in [0, 0.05) is 0 Å². The van der Waals surface area contributed by atoms with Crippen molar-refractivity contribution in [3.05, 3.63) is 48.0 Å². The molecule has 0 atom stereocenters. The fourth-order valence-electron chi connectivity index (χ4n) is 1.23. The first-order valence-electron chi connectivity index (χ1n) is 5.04. The van der Waals surface area contributed by atoms with Crippen LogP contribution in [0.5, 0.6) is 0 Å². The van der Waals surface area contributed by atoms with Crippen LogP contribution < -0.4 is 0 Å². The van der Waals surface area contributed by atoms with Crippen molar-refractivity contribution in [2.75, 3.05) is 0 Å². The van der Waals surface area contributed by atoms with Crippen LogP contribution in [0.1, 0.15) is 31.7 Å². The lowest BCUT2D eigenvalue weighted by atomic mass is 10.1. The third-order valence-corrected chi connectivity index (χ3v) is 1.98. The second-order valence-corrected chi connectivity index (χ2v) is 3.19. The minimum absolute atomic E-state index is 1.11. The molecule has 0 amide bonds. The third kappa shape index (κ3) is 4.51. The number of allylic oxidation sites excluding steroid dienone is 2. The van der Waals surface area contributed by atoms with E-state index in [4.69, 9.17) is 0 Å². The molecule has 0 spiro atoms. The molecule has 69 valence electrons. The normalized spacial score (nSPS) is 10.8. The molecule has 0 fully saturated rings. The molecule has 0 aliphatic rings. The van der Waals surface area contributed by atoms with Gasteiger partial charge in [0.25, 0.3) is 0 Å². The summed E-state index contributed by atoms with van der Waals surface area (Å²) in [6.07, 6.45) is 9.24. The van der Waals surface area contributed by atoms with Crippen LogP contribution in [0, 0.1) is 6.07 Å². The summed E-state index contributed by atoms with van der Waals surface area (Å²) in [7, 11) is 0. The second kappa shape index (κ2) is 6.47. The molecule has 0 aromatic heterocycles. The van der Waals surface area contributed by atoms with Crippen molar-refractivity contribution in [3.63, 3.8) is 0 Å². The highest BCUT2D eigenvalue weighted by atomic mass is 13.9. The number of hydrogen-bond donors (Lipinski definition) is 0. The Morgan fingerprint density at radius 1 is 1.23 bits per heavy atom. The Labute approximate surface area is 81.3 Å². The van der Waals surface area contributed by atoms with Crippen LogP contribution in [0.25, 0.3) is 0 Å². The van der Waals surface area contributed by atoms with Crippen LogP contribution in [0.3, 0.4) is 0 Å². The molecule has 0 N–H and O–H groups in total. The monoisotopic (exact) mass is 173 g/mol. The van der Waals surface area contributed by atoms with Gasteiger partial charge < -0.3 is 0 Å². The molecule has 0 heterocycles. The summed E-state index contributed by atoms with van der Waals surface area (Å²) in [5.74, 6) is 0. The summed E-state index contributed by atoms with van der Waals surface area (Å²) < 4.78 is 0. The van der Waals surface area contributed by atoms with E-state index in [-0.39, 0.29) is 0 Å². The topological polar surface area (TPSA) is 0 Å². The van der Waals surface area contributed by atoms with Crippen molar-refractivity contribution < 1.29 is 0 Å². The fourth-order valence-corrected chi connectivity index (χ4v) is 1.23. The van der Waals surface area contributed by atoms with Crippen LogP contribution in [-0.2, 0) is 6.42 Å². The van der Waals surface area contributed by atoms with E-state index in [1.807, 2.05) is 12.1 Å². The SMILES string of the molecule is CCCC=CCCc1[c]cccc1. The second-order valence-electron chi connectivity index (χ2n) is 3.19. The third-order valence-electron chi connectivity index (χ3n) is 1.98. The number of unbranched alkanes of at least 4 members (excludes halogenated alkanes) is 1. The van der Waals surface area contributed by atoms with Gasteiger partial charge in [-0.3, -0.25) is 0 Å². The van der Waals surface area contributed by atoms with Crippen molar-refractivity contribution in [2.45, 2.75) is 32.6 Å². The van der Waals surface area contributed by atoms with Crippen molar-refractivity contribution >= 4 is 0 Å². The van der Waals surface area contributed by atoms with Crippen molar-refractivity contribution in [3.8, 4) is 0 Å². The lowest BCUT2D eigenvalue weighted by Gasteiger charge is -1.95. The first kappa shape index (κ1) is 10.0. The van der Waals surface area contributed by atoms with Gasteiger partial charge in [-0.15, -0.1) is 0 Å². The average molecular weight is 173 g/mol. The maximum absolute atomic E-state index is 3.23. The lowest BCUT2D eigenvalue weighted by Crippen LogP contribution is -1.81. The fraction of sp³-hybridized carbons (Fsp3) is 0.385. The molecule has 0 saturated carbocycles. The highest BCUT2D eigenvalue weighted by molar-refractivity contribution is 5.13. The van der Waals surface area contributed by atoms with E-state index in [0.717, 1.165) is 12.8 Å². The van der Waals surface area contributed by atoms with Crippen LogP contribution in [-0.4, -0.2) is 0 Å². The van der Waals surface area contributed by atoms with Gasteiger partial charge in [-0.1, -0.05) is 49.8 Å². The van der Waals surface area contributed by atoms with E-state index in [2.05, 4.69) is 37.3 Å². The van der Waals surface area contributed by atoms with Crippen molar-refractivity contribution in [2.24, 2.45) is 0 Å². The minimum Gasteiger partial charge on any atom is -0.0885 e. The molecule has 0 nitrogen and oxygen atoms in total. The summed E-state index contributed by atoms with van der Waals surface area (Å²) in [4.78, 5) is 0. The largest absolute Gasteiger partial charge is 0.0885 e. The van der Waals surface area contributed by atoms with Crippen LogP contribution in [0.2, 0.25) is 0 Å². The highest BCUT2D eigenvalue weighted by Crippen LogP contribution is 2.02. The van der Waals surface area contributed by atoms with Crippen LogP contribution in [0.15, 0.2) is 36.4 Å². The van der Waals surface area contributed by atoms with E-state index in [1.165, 1.54) is 18.4 Å². The van der Waals surface area contributed by atoms with Gasteiger partial charge in [0.1, 0.15) is 0 Å². The molecule has 0 unspecified atom stereocenters. The van der Waals surface area contributed by atoms with Gasteiger partial charge in [0.05, 0.1) is 0 Å². The first-order chi connectivity index (χ1) is 6.43. The number of rotatable bonds is 5. The zero-order valence-electron chi connectivity index (χ0n) is 8.29. The number of hydrogen-bond acceptors (Lipinski definition) is 0. The first-order valence-corrected chi connectivity index (χ1v) is 5.04. The smallest absolute Gasteiger partial charge is 0.0149 e. The van der Waals surface area contributed by atoms with Gasteiger partial charge in [-0.2, -0.15) is 0 Å². The van der Waals surface area contributed by atoms with E-state index >= 15 is 0 Å². The lowest BCUT2D eigenvalue weighted by molar-refractivity contribution is 0.935. The molecule has 0 bridgehead atoms. The molecule has 13 heavy (non-hydrogen) atoms. The van der Waals surface area contributed by atoms with Gasteiger partial charge in [0.15, 0.2) is 0 Å². The van der Waals surface area contributed by atoms with Crippen molar-refractivity contribution in [1.82, 2.24) is 0 Å². The molecular weight excluding hydrogens is 156 g/mol. The molecule has 1 rings (SSSR count). The Morgan fingerprint density at radius 2 is 2.08 bits per heavy atom. The molecule has 0 saturated heterocycles. The summed E-state index contributed by atoms with van der Waals surface area (Å²) in [6.45, 7) is 2.20. The summed E-state index contributed by atoms with van der Waals surface area (Å²) in [5, 5.41) is 0. The molecule has 1 aromatic rings. The summed E-state index contributed by atoms with van der Waals surface area (Å²) >= 11 is 0.